The Bertz CT molecular complexity index is 1020. The topological polar surface area (TPSA) is 105 Å². The lowest BCUT2D eigenvalue weighted by Crippen LogP contribution is -2.07. The van der Waals surface area contributed by atoms with E-state index in [2.05, 4.69) is 0 Å². The van der Waals surface area contributed by atoms with E-state index in [1.54, 1.807) is 50.3 Å². The molecule has 168 valence electrons. The Morgan fingerprint density at radius 1 is 0.531 bits per heavy atom. The molecule has 0 unspecified atom stereocenters. The minimum Gasteiger partial charge on any atom is -0.426 e. The first kappa shape index (κ1) is 24.3. The van der Waals surface area contributed by atoms with Gasteiger partial charge in [0.1, 0.15) is 23.0 Å². The molecule has 2 rings (SSSR count). The van der Waals surface area contributed by atoms with E-state index in [1.165, 1.54) is 27.7 Å². The number of hydrogen-bond donors (Lipinski definition) is 0. The van der Waals surface area contributed by atoms with Crippen LogP contribution in [0.25, 0.3) is 12.2 Å². The summed E-state index contributed by atoms with van der Waals surface area (Å²) < 4.78 is 21.0. The van der Waals surface area contributed by atoms with Crippen molar-refractivity contribution in [3.63, 3.8) is 0 Å². The molecule has 0 atom stereocenters. The summed E-state index contributed by atoms with van der Waals surface area (Å²) in [5.74, 6) is -0.919. The maximum Gasteiger partial charge on any atom is 0.308 e. The summed E-state index contributed by atoms with van der Waals surface area (Å²) in [6.07, 6.45) is 3.19. The van der Waals surface area contributed by atoms with Gasteiger partial charge in [0.05, 0.1) is 0 Å². The van der Waals surface area contributed by atoms with Gasteiger partial charge in [-0.05, 0) is 49.2 Å². The van der Waals surface area contributed by atoms with Crippen molar-refractivity contribution >= 4 is 36.0 Å². The fraction of sp³-hybridized carbons (Fsp3) is 0.250. The van der Waals surface area contributed by atoms with Crippen LogP contribution < -0.4 is 18.9 Å². The van der Waals surface area contributed by atoms with Crippen LogP contribution in [0.15, 0.2) is 24.3 Å². The lowest BCUT2D eigenvalue weighted by Gasteiger charge is -2.13. The highest BCUT2D eigenvalue weighted by Gasteiger charge is 2.14. The van der Waals surface area contributed by atoms with E-state index in [9.17, 15) is 19.2 Å². The summed E-state index contributed by atoms with van der Waals surface area (Å²) in [5.41, 5.74) is 2.07. The Morgan fingerprint density at radius 3 is 1.09 bits per heavy atom. The van der Waals surface area contributed by atoms with E-state index in [4.69, 9.17) is 18.9 Å². The second-order valence-corrected chi connectivity index (χ2v) is 7.02. The van der Waals surface area contributed by atoms with Crippen LogP contribution in [0, 0.1) is 13.8 Å². The summed E-state index contributed by atoms with van der Waals surface area (Å²) in [4.78, 5) is 45.9. The number of rotatable bonds is 6. The van der Waals surface area contributed by atoms with Gasteiger partial charge in [0.2, 0.25) is 0 Å². The SMILES string of the molecule is CC(=O)Oc1cc(C=Cc2cc(OC(C)=O)c(C)cc2OC(C)=O)c(OC(C)=O)cc1C. The van der Waals surface area contributed by atoms with E-state index in [0.717, 1.165) is 0 Å². The van der Waals surface area contributed by atoms with Crippen LogP contribution in [0.5, 0.6) is 23.0 Å². The number of ether oxygens (including phenoxy) is 4. The molecule has 0 heterocycles. The Labute approximate surface area is 185 Å². The number of esters is 4. The van der Waals surface area contributed by atoms with Crippen molar-refractivity contribution in [1.82, 2.24) is 0 Å². The first-order valence-electron chi connectivity index (χ1n) is 9.67. The van der Waals surface area contributed by atoms with Gasteiger partial charge in [-0.3, -0.25) is 19.2 Å². The van der Waals surface area contributed by atoms with Gasteiger partial charge in [-0.15, -0.1) is 0 Å². The van der Waals surface area contributed by atoms with Gasteiger partial charge >= 0.3 is 23.9 Å². The standard InChI is InChI=1S/C24H24O8/c1-13-9-23(31-17(5)27)19(11-21(13)29-15(3)25)7-8-20-12-22(30-16(4)26)14(2)10-24(20)32-18(6)28/h7-12H,1-6H3. The number of carbonyl (C=O) groups excluding carboxylic acids is 4. The number of hydrogen-bond acceptors (Lipinski definition) is 8. The highest BCUT2D eigenvalue weighted by Crippen LogP contribution is 2.33. The molecule has 0 radical (unpaired) electrons. The van der Waals surface area contributed by atoms with Crippen molar-refractivity contribution in [3.8, 4) is 23.0 Å². The monoisotopic (exact) mass is 440 g/mol. The normalized spacial score (nSPS) is 10.6. The third-order valence-electron chi connectivity index (χ3n) is 4.07. The van der Waals surface area contributed by atoms with E-state index < -0.39 is 23.9 Å². The molecule has 8 heteroatoms. The zero-order valence-electron chi connectivity index (χ0n) is 18.7. The third-order valence-corrected chi connectivity index (χ3v) is 4.07. The largest absolute Gasteiger partial charge is 0.426 e. The van der Waals surface area contributed by atoms with Gasteiger partial charge in [0.15, 0.2) is 0 Å². The Kier molecular flexibility index (Phi) is 7.90. The zero-order chi connectivity index (χ0) is 24.0. The van der Waals surface area contributed by atoms with Crippen molar-refractivity contribution in [1.29, 1.82) is 0 Å². The fourth-order valence-electron chi connectivity index (χ4n) is 2.81. The molecule has 2 aromatic rings. The summed E-state index contributed by atoms with van der Waals surface area (Å²) in [5, 5.41) is 0. The molecule has 0 aliphatic heterocycles. The Hall–Kier alpha value is -3.94. The van der Waals surface area contributed by atoms with E-state index >= 15 is 0 Å². The summed E-state index contributed by atoms with van der Waals surface area (Å²) >= 11 is 0. The molecule has 0 spiro atoms. The van der Waals surface area contributed by atoms with Gasteiger partial charge < -0.3 is 18.9 Å². The molecular formula is C24H24O8. The van der Waals surface area contributed by atoms with E-state index in [1.807, 2.05) is 0 Å². The first-order valence-corrected chi connectivity index (χ1v) is 9.67. The molecule has 0 aliphatic rings. The zero-order valence-corrected chi connectivity index (χ0v) is 18.7. The quantitative estimate of drug-likeness (QED) is 0.374. The molecule has 32 heavy (non-hydrogen) atoms. The summed E-state index contributed by atoms with van der Waals surface area (Å²) in [6.45, 7) is 8.53. The molecule has 0 aliphatic carbocycles. The van der Waals surface area contributed by atoms with Crippen LogP contribution in [0.2, 0.25) is 0 Å². The molecule has 0 N–H and O–H groups in total. The summed E-state index contributed by atoms with van der Waals surface area (Å²) in [6, 6.07) is 6.26. The van der Waals surface area contributed by atoms with Crippen LogP contribution in [0.3, 0.4) is 0 Å². The Balaban J connectivity index is 2.60. The maximum absolute atomic E-state index is 11.5. The van der Waals surface area contributed by atoms with Crippen LogP contribution in [-0.4, -0.2) is 23.9 Å². The molecular weight excluding hydrogens is 416 g/mol. The minimum atomic E-state index is -0.521. The van der Waals surface area contributed by atoms with Crippen molar-refractivity contribution in [2.24, 2.45) is 0 Å². The first-order chi connectivity index (χ1) is 15.0. The van der Waals surface area contributed by atoms with E-state index in [-0.39, 0.29) is 11.5 Å². The third kappa shape index (κ3) is 6.80. The highest BCUT2D eigenvalue weighted by atomic mass is 16.5. The summed E-state index contributed by atoms with van der Waals surface area (Å²) in [7, 11) is 0. The molecule has 2 aromatic carbocycles. The molecule has 0 fully saturated rings. The Morgan fingerprint density at radius 2 is 0.812 bits per heavy atom. The van der Waals surface area contributed by atoms with Crippen LogP contribution >= 0.6 is 0 Å². The molecule has 0 saturated heterocycles. The molecule has 0 bridgehead atoms. The molecule has 0 saturated carbocycles. The van der Waals surface area contributed by atoms with Gasteiger partial charge in [0.25, 0.3) is 0 Å². The van der Waals surface area contributed by atoms with E-state index in [0.29, 0.717) is 33.8 Å². The van der Waals surface area contributed by atoms with Crippen molar-refractivity contribution in [2.75, 3.05) is 0 Å². The van der Waals surface area contributed by atoms with Crippen molar-refractivity contribution in [3.05, 3.63) is 46.5 Å². The van der Waals surface area contributed by atoms with Crippen LogP contribution in [0.1, 0.15) is 49.9 Å². The predicted molar refractivity (Wildman–Crippen MR) is 117 cm³/mol. The highest BCUT2D eigenvalue weighted by molar-refractivity contribution is 5.82. The second-order valence-electron chi connectivity index (χ2n) is 7.02. The van der Waals surface area contributed by atoms with Gasteiger partial charge in [-0.25, -0.2) is 0 Å². The average molecular weight is 440 g/mol. The van der Waals surface area contributed by atoms with Crippen molar-refractivity contribution in [2.45, 2.75) is 41.5 Å². The average Bonchev–Trinajstić information content (AvgIpc) is 2.64. The fourth-order valence-corrected chi connectivity index (χ4v) is 2.81. The minimum absolute atomic E-state index is 0.253. The van der Waals surface area contributed by atoms with Crippen LogP contribution in [0.4, 0.5) is 0 Å². The second kappa shape index (κ2) is 10.4. The molecule has 8 nitrogen and oxygen atoms in total. The smallest absolute Gasteiger partial charge is 0.308 e. The van der Waals surface area contributed by atoms with Gasteiger partial charge in [0, 0.05) is 38.8 Å². The van der Waals surface area contributed by atoms with Crippen molar-refractivity contribution < 1.29 is 38.1 Å². The maximum atomic E-state index is 11.5. The molecule has 0 amide bonds. The van der Waals surface area contributed by atoms with Gasteiger partial charge in [-0.2, -0.15) is 0 Å². The number of benzene rings is 2. The van der Waals surface area contributed by atoms with Gasteiger partial charge in [-0.1, -0.05) is 12.2 Å². The van der Waals surface area contributed by atoms with Crippen LogP contribution in [-0.2, 0) is 19.2 Å². The number of carbonyl (C=O) groups is 4. The lowest BCUT2D eigenvalue weighted by atomic mass is 10.1. The molecule has 0 aromatic heterocycles. The number of aryl methyl sites for hydroxylation is 2. The predicted octanol–water partition coefficient (Wildman–Crippen LogP) is 4.18. The lowest BCUT2D eigenvalue weighted by molar-refractivity contribution is -0.133.